The lowest BCUT2D eigenvalue weighted by Gasteiger charge is -2.30. The van der Waals surface area contributed by atoms with E-state index in [4.69, 9.17) is 0 Å². The molecule has 2 rings (SSSR count). The molecule has 9 heteroatoms. The zero-order valence-electron chi connectivity index (χ0n) is 16.5. The van der Waals surface area contributed by atoms with Gasteiger partial charge in [-0.1, -0.05) is 19.3 Å². The zero-order valence-corrected chi connectivity index (χ0v) is 18.9. The number of likely N-dealkylation sites (N-methyl/N-ethyl adjacent to an activating group) is 1. The van der Waals surface area contributed by atoms with Crippen LogP contribution in [-0.2, 0) is 0 Å². The van der Waals surface area contributed by atoms with E-state index in [1.807, 2.05) is 6.92 Å². The van der Waals surface area contributed by atoms with E-state index >= 15 is 0 Å². The Balaban J connectivity index is 0.00000364. The van der Waals surface area contributed by atoms with Gasteiger partial charge in [0.1, 0.15) is 0 Å². The summed E-state index contributed by atoms with van der Waals surface area (Å²) in [5, 5.41) is 6.50. The second-order valence-corrected chi connectivity index (χ2v) is 7.51. The fourth-order valence-corrected chi connectivity index (χ4v) is 3.88. The van der Waals surface area contributed by atoms with Gasteiger partial charge in [-0.3, -0.25) is 9.89 Å². The van der Waals surface area contributed by atoms with Crippen LogP contribution in [0.4, 0.5) is 13.2 Å². The Bertz CT molecular complexity index is 441. The molecule has 1 unspecified atom stereocenters. The molecule has 1 saturated heterocycles. The highest BCUT2D eigenvalue weighted by Crippen LogP contribution is 2.21. The highest BCUT2D eigenvalue weighted by Gasteiger charge is 2.34. The van der Waals surface area contributed by atoms with Crippen molar-refractivity contribution < 1.29 is 13.2 Å². The smallest absolute Gasteiger partial charge is 0.357 e. The van der Waals surface area contributed by atoms with Crippen molar-refractivity contribution in [2.45, 2.75) is 63.7 Å². The van der Waals surface area contributed by atoms with E-state index in [-0.39, 0.29) is 30.0 Å². The summed E-state index contributed by atoms with van der Waals surface area (Å²) in [5.41, 5.74) is 0. The number of guanidine groups is 1. The molecule has 0 aromatic carbocycles. The van der Waals surface area contributed by atoms with Gasteiger partial charge in [0, 0.05) is 38.3 Å². The predicted molar refractivity (Wildman–Crippen MR) is 115 cm³/mol. The predicted octanol–water partition coefficient (Wildman–Crippen LogP) is 3.06. The fraction of sp³-hybridized carbons (Fsp3) is 0.944. The Kier molecular flexibility index (Phi) is 11.3. The summed E-state index contributed by atoms with van der Waals surface area (Å²) in [7, 11) is 2.16. The monoisotopic (exact) mass is 505 g/mol. The lowest BCUT2D eigenvalue weighted by molar-refractivity contribution is -0.143. The maximum absolute atomic E-state index is 12.5. The summed E-state index contributed by atoms with van der Waals surface area (Å²) in [4.78, 5) is 8.48. The van der Waals surface area contributed by atoms with E-state index in [9.17, 15) is 13.2 Å². The zero-order chi connectivity index (χ0) is 19.0. The van der Waals surface area contributed by atoms with Crippen molar-refractivity contribution in [2.75, 3.05) is 46.3 Å². The molecule has 1 saturated carbocycles. The number of alkyl halides is 3. The minimum atomic E-state index is -4.13. The molecule has 0 amide bonds. The minimum Gasteiger partial charge on any atom is -0.357 e. The average molecular weight is 505 g/mol. The second-order valence-electron chi connectivity index (χ2n) is 7.51. The van der Waals surface area contributed by atoms with E-state index in [0.29, 0.717) is 38.1 Å². The summed E-state index contributed by atoms with van der Waals surface area (Å²) in [6.45, 7) is 4.39. The molecule has 1 aliphatic heterocycles. The molecule has 0 aromatic rings. The molecule has 0 radical (unpaired) electrons. The quantitative estimate of drug-likeness (QED) is 0.317. The molecule has 2 aliphatic rings. The molecule has 1 aliphatic carbocycles. The largest absolute Gasteiger partial charge is 0.401 e. The highest BCUT2D eigenvalue weighted by atomic mass is 127. The molecule has 5 nitrogen and oxygen atoms in total. The molecule has 27 heavy (non-hydrogen) atoms. The van der Waals surface area contributed by atoms with Crippen molar-refractivity contribution in [1.82, 2.24) is 20.4 Å². The van der Waals surface area contributed by atoms with Gasteiger partial charge < -0.3 is 15.5 Å². The van der Waals surface area contributed by atoms with Crippen LogP contribution in [0.1, 0.15) is 45.4 Å². The second kappa shape index (κ2) is 12.3. The number of nitrogens with zero attached hydrogens (tertiary/aromatic N) is 3. The summed E-state index contributed by atoms with van der Waals surface area (Å²) in [6.07, 6.45) is 3.12. The van der Waals surface area contributed by atoms with Crippen LogP contribution in [0, 0.1) is 0 Å². The van der Waals surface area contributed by atoms with Crippen LogP contribution in [0.3, 0.4) is 0 Å². The van der Waals surface area contributed by atoms with Gasteiger partial charge in [-0.05, 0) is 33.2 Å². The Morgan fingerprint density at radius 1 is 1.19 bits per heavy atom. The first-order valence-corrected chi connectivity index (χ1v) is 9.91. The van der Waals surface area contributed by atoms with Gasteiger partial charge in [-0.15, -0.1) is 24.0 Å². The molecule has 1 heterocycles. The van der Waals surface area contributed by atoms with E-state index in [2.05, 4.69) is 27.6 Å². The summed E-state index contributed by atoms with van der Waals surface area (Å²) in [6, 6.07) is 0.687. The van der Waals surface area contributed by atoms with Crippen molar-refractivity contribution in [3.05, 3.63) is 0 Å². The number of rotatable bonds is 7. The molecule has 0 aromatic heterocycles. The number of hydrogen-bond donors (Lipinski definition) is 2. The minimum absolute atomic E-state index is 0. The van der Waals surface area contributed by atoms with Gasteiger partial charge in [-0.2, -0.15) is 13.2 Å². The van der Waals surface area contributed by atoms with Crippen molar-refractivity contribution in [3.63, 3.8) is 0 Å². The van der Waals surface area contributed by atoms with Gasteiger partial charge in [0.2, 0.25) is 0 Å². The van der Waals surface area contributed by atoms with Crippen LogP contribution in [0.25, 0.3) is 0 Å². The average Bonchev–Trinajstić information content (AvgIpc) is 3.00. The highest BCUT2D eigenvalue weighted by molar-refractivity contribution is 14.0. The molecule has 160 valence electrons. The fourth-order valence-electron chi connectivity index (χ4n) is 3.88. The first kappa shape index (κ1) is 24.7. The maximum atomic E-state index is 12.5. The third-order valence-corrected chi connectivity index (χ3v) is 5.28. The summed E-state index contributed by atoms with van der Waals surface area (Å²) < 4.78 is 37.5. The molecular formula is C18H35F3IN5. The van der Waals surface area contributed by atoms with Crippen LogP contribution in [0.5, 0.6) is 0 Å². The number of likely N-dealkylation sites (tertiary alicyclic amines) is 1. The molecular weight excluding hydrogens is 470 g/mol. The Labute approximate surface area is 178 Å². The standard InChI is InChI=1S/C18H34F3N5.HI/c1-3-22-17(23-10-12-25(2)16-7-5-4-6-8-16)24-15-9-11-26(13-15)14-18(19,20)21;/h15-16H,3-14H2,1-2H3,(H2,22,23,24);1H. The normalized spacial score (nSPS) is 22.7. The van der Waals surface area contributed by atoms with E-state index in [0.717, 1.165) is 13.1 Å². The van der Waals surface area contributed by atoms with Gasteiger partial charge in [0.05, 0.1) is 13.1 Å². The Hall–Kier alpha value is -0.290. The van der Waals surface area contributed by atoms with Crippen molar-refractivity contribution in [1.29, 1.82) is 0 Å². The topological polar surface area (TPSA) is 42.9 Å². The lowest BCUT2D eigenvalue weighted by atomic mass is 9.94. The summed E-state index contributed by atoms with van der Waals surface area (Å²) in [5.74, 6) is 0.711. The van der Waals surface area contributed by atoms with Gasteiger partial charge in [0.25, 0.3) is 0 Å². The van der Waals surface area contributed by atoms with Gasteiger partial charge >= 0.3 is 6.18 Å². The molecule has 1 atom stereocenters. The Morgan fingerprint density at radius 2 is 1.89 bits per heavy atom. The van der Waals surface area contributed by atoms with Crippen molar-refractivity contribution >= 4 is 29.9 Å². The third kappa shape index (κ3) is 9.65. The SMILES string of the molecule is CCNC(=NCCN(C)C1CCCCC1)NC1CCN(CC(F)(F)F)C1.I. The first-order valence-electron chi connectivity index (χ1n) is 9.91. The molecule has 0 spiro atoms. The maximum Gasteiger partial charge on any atom is 0.401 e. The van der Waals surface area contributed by atoms with Gasteiger partial charge in [0.15, 0.2) is 5.96 Å². The van der Waals surface area contributed by atoms with Crippen LogP contribution in [0.15, 0.2) is 4.99 Å². The molecule has 0 bridgehead atoms. The van der Waals surface area contributed by atoms with Crippen LogP contribution >= 0.6 is 24.0 Å². The van der Waals surface area contributed by atoms with Crippen molar-refractivity contribution in [2.24, 2.45) is 4.99 Å². The lowest BCUT2D eigenvalue weighted by Crippen LogP contribution is -2.45. The Morgan fingerprint density at radius 3 is 2.52 bits per heavy atom. The third-order valence-electron chi connectivity index (χ3n) is 5.28. The van der Waals surface area contributed by atoms with Crippen LogP contribution in [-0.4, -0.2) is 80.3 Å². The van der Waals surface area contributed by atoms with Crippen molar-refractivity contribution in [3.8, 4) is 0 Å². The van der Waals surface area contributed by atoms with Crippen LogP contribution < -0.4 is 10.6 Å². The first-order chi connectivity index (χ1) is 12.4. The van der Waals surface area contributed by atoms with E-state index < -0.39 is 12.7 Å². The van der Waals surface area contributed by atoms with Gasteiger partial charge in [-0.25, -0.2) is 0 Å². The number of nitrogens with one attached hydrogen (secondary N) is 2. The number of aliphatic imine (C=N–C) groups is 1. The summed E-state index contributed by atoms with van der Waals surface area (Å²) >= 11 is 0. The molecule has 2 N–H and O–H groups in total. The number of halogens is 4. The number of hydrogen-bond acceptors (Lipinski definition) is 3. The molecule has 2 fully saturated rings. The van der Waals surface area contributed by atoms with E-state index in [1.165, 1.54) is 37.0 Å². The van der Waals surface area contributed by atoms with Crippen LogP contribution in [0.2, 0.25) is 0 Å². The van der Waals surface area contributed by atoms with E-state index in [1.54, 1.807) is 0 Å².